The summed E-state index contributed by atoms with van der Waals surface area (Å²) < 4.78 is 0. The highest BCUT2D eigenvalue weighted by molar-refractivity contribution is 6.27. The van der Waals surface area contributed by atoms with E-state index in [0.717, 1.165) is 5.56 Å². The maximum absolute atomic E-state index is 11.4. The van der Waals surface area contributed by atoms with Crippen LogP contribution in [0.2, 0.25) is 0 Å². The number of nitrogens with one attached hydrogen (secondary N) is 2. The molecule has 92 valence electrons. The van der Waals surface area contributed by atoms with Crippen LogP contribution in [0.4, 0.5) is 0 Å². The number of alkyl halides is 1. The second kappa shape index (κ2) is 6.91. The van der Waals surface area contributed by atoms with Gasteiger partial charge >= 0.3 is 0 Å². The Labute approximate surface area is 105 Å². The quantitative estimate of drug-likeness (QED) is 0.629. The van der Waals surface area contributed by atoms with Crippen molar-refractivity contribution in [1.82, 2.24) is 10.9 Å². The molecule has 17 heavy (non-hydrogen) atoms. The van der Waals surface area contributed by atoms with Crippen molar-refractivity contribution in [2.45, 2.75) is 19.8 Å². The molecule has 0 heterocycles. The first kappa shape index (κ1) is 13.5. The molecule has 0 radical (unpaired) electrons. The van der Waals surface area contributed by atoms with Gasteiger partial charge in [0.1, 0.15) is 5.88 Å². The van der Waals surface area contributed by atoms with Crippen LogP contribution >= 0.6 is 11.6 Å². The fourth-order valence-corrected chi connectivity index (χ4v) is 1.43. The van der Waals surface area contributed by atoms with Crippen molar-refractivity contribution in [3.05, 3.63) is 35.4 Å². The average Bonchev–Trinajstić information content (AvgIpc) is 2.33. The number of carbonyl (C=O) groups is 2. The number of halogens is 1. The van der Waals surface area contributed by atoms with Crippen molar-refractivity contribution in [1.29, 1.82) is 0 Å². The van der Waals surface area contributed by atoms with Crippen molar-refractivity contribution in [2.75, 3.05) is 5.88 Å². The molecule has 1 rings (SSSR count). The van der Waals surface area contributed by atoms with Gasteiger partial charge in [0.2, 0.25) is 5.91 Å². The average molecular weight is 255 g/mol. The van der Waals surface area contributed by atoms with Gasteiger partial charge in [-0.2, -0.15) is 0 Å². The molecular formula is C12H15ClN2O2. The third kappa shape index (κ3) is 5.36. The second-order valence-corrected chi connectivity index (χ2v) is 3.99. The molecule has 2 amide bonds. The van der Waals surface area contributed by atoms with Gasteiger partial charge in [0.15, 0.2) is 0 Å². The summed E-state index contributed by atoms with van der Waals surface area (Å²) in [4.78, 5) is 22.1. The zero-order valence-electron chi connectivity index (χ0n) is 9.63. The number of hydrogen-bond donors (Lipinski definition) is 2. The Hall–Kier alpha value is -1.55. The first-order valence-corrected chi connectivity index (χ1v) is 5.84. The minimum atomic E-state index is -0.421. The van der Waals surface area contributed by atoms with Gasteiger partial charge in [-0.1, -0.05) is 29.8 Å². The second-order valence-electron chi connectivity index (χ2n) is 3.72. The summed E-state index contributed by atoms with van der Waals surface area (Å²) in [6, 6.07) is 7.96. The zero-order valence-corrected chi connectivity index (χ0v) is 10.4. The standard InChI is InChI=1S/C12H15ClN2O2/c1-9-3-2-4-10(7-9)5-6-11(16)14-15-12(17)8-13/h2-4,7H,5-6,8H2,1H3,(H,14,16)(H,15,17). The minimum absolute atomic E-state index is 0.168. The maximum atomic E-state index is 11.4. The van der Waals surface area contributed by atoms with Crippen LogP contribution in [0.3, 0.4) is 0 Å². The van der Waals surface area contributed by atoms with E-state index in [2.05, 4.69) is 10.9 Å². The van der Waals surface area contributed by atoms with E-state index in [1.165, 1.54) is 5.56 Å². The lowest BCUT2D eigenvalue weighted by Crippen LogP contribution is -2.42. The number of amides is 2. The summed E-state index contributed by atoms with van der Waals surface area (Å²) in [6.45, 7) is 2.00. The fourth-order valence-electron chi connectivity index (χ4n) is 1.36. The molecule has 0 unspecified atom stereocenters. The number of aryl methyl sites for hydroxylation is 2. The molecule has 0 aromatic heterocycles. The molecular weight excluding hydrogens is 240 g/mol. The summed E-state index contributed by atoms with van der Waals surface area (Å²) in [7, 11) is 0. The van der Waals surface area contributed by atoms with Crippen LogP contribution in [0.15, 0.2) is 24.3 Å². The molecule has 1 aromatic rings. The Morgan fingerprint density at radius 1 is 1.24 bits per heavy atom. The smallest absolute Gasteiger partial charge is 0.253 e. The lowest BCUT2D eigenvalue weighted by Gasteiger charge is -2.06. The normalized spacial score (nSPS) is 9.76. The molecule has 0 saturated heterocycles. The molecule has 1 aromatic carbocycles. The van der Waals surface area contributed by atoms with Crippen LogP contribution in [0, 0.1) is 6.92 Å². The SMILES string of the molecule is Cc1cccc(CCC(=O)NNC(=O)CCl)c1. The van der Waals surface area contributed by atoms with Crippen molar-refractivity contribution < 1.29 is 9.59 Å². The topological polar surface area (TPSA) is 58.2 Å². The van der Waals surface area contributed by atoms with Crippen molar-refractivity contribution >= 4 is 23.4 Å². The van der Waals surface area contributed by atoms with Gasteiger partial charge in [-0.15, -0.1) is 11.6 Å². The van der Waals surface area contributed by atoms with E-state index in [-0.39, 0.29) is 11.8 Å². The molecule has 4 nitrogen and oxygen atoms in total. The summed E-state index contributed by atoms with van der Waals surface area (Å²) in [5, 5.41) is 0. The van der Waals surface area contributed by atoms with Crippen LogP contribution < -0.4 is 10.9 Å². The Kier molecular flexibility index (Phi) is 5.49. The monoisotopic (exact) mass is 254 g/mol. The van der Waals surface area contributed by atoms with E-state index in [1.54, 1.807) is 0 Å². The highest BCUT2D eigenvalue weighted by Crippen LogP contribution is 2.06. The van der Waals surface area contributed by atoms with E-state index >= 15 is 0 Å². The predicted octanol–water partition coefficient (Wildman–Crippen LogP) is 1.31. The van der Waals surface area contributed by atoms with E-state index in [9.17, 15) is 9.59 Å². The van der Waals surface area contributed by atoms with Gasteiger partial charge in [0.25, 0.3) is 5.91 Å². The molecule has 0 aliphatic heterocycles. The zero-order chi connectivity index (χ0) is 12.7. The molecule has 5 heteroatoms. The highest BCUT2D eigenvalue weighted by atomic mass is 35.5. The van der Waals surface area contributed by atoms with Gasteiger partial charge < -0.3 is 0 Å². The van der Waals surface area contributed by atoms with Gasteiger partial charge in [-0.3, -0.25) is 20.4 Å². The van der Waals surface area contributed by atoms with Gasteiger partial charge in [0, 0.05) is 6.42 Å². The van der Waals surface area contributed by atoms with E-state index in [0.29, 0.717) is 12.8 Å². The Balaban J connectivity index is 2.31. The number of rotatable bonds is 4. The van der Waals surface area contributed by atoms with Gasteiger partial charge in [-0.25, -0.2) is 0 Å². The molecule has 0 atom stereocenters. The lowest BCUT2D eigenvalue weighted by atomic mass is 10.1. The van der Waals surface area contributed by atoms with Crippen LogP contribution in [-0.4, -0.2) is 17.7 Å². The third-order valence-corrected chi connectivity index (χ3v) is 2.43. The minimum Gasteiger partial charge on any atom is -0.273 e. The Morgan fingerprint density at radius 2 is 1.94 bits per heavy atom. The summed E-state index contributed by atoms with van der Waals surface area (Å²) >= 11 is 5.26. The van der Waals surface area contributed by atoms with Crippen molar-refractivity contribution in [3.63, 3.8) is 0 Å². The number of hydrogen-bond acceptors (Lipinski definition) is 2. The largest absolute Gasteiger partial charge is 0.273 e. The van der Waals surface area contributed by atoms with Gasteiger partial charge in [-0.05, 0) is 18.9 Å². The first-order valence-electron chi connectivity index (χ1n) is 5.31. The van der Waals surface area contributed by atoms with Crippen molar-refractivity contribution in [3.8, 4) is 0 Å². The Bertz CT molecular complexity index is 407. The number of carbonyl (C=O) groups excluding carboxylic acids is 2. The van der Waals surface area contributed by atoms with E-state index in [1.807, 2.05) is 31.2 Å². The molecule has 0 fully saturated rings. The van der Waals surface area contributed by atoms with Crippen LogP contribution in [0.1, 0.15) is 17.5 Å². The third-order valence-electron chi connectivity index (χ3n) is 2.19. The molecule has 2 N–H and O–H groups in total. The first-order chi connectivity index (χ1) is 8.11. The van der Waals surface area contributed by atoms with E-state index < -0.39 is 5.91 Å². The molecule has 0 spiro atoms. The van der Waals surface area contributed by atoms with Gasteiger partial charge in [0.05, 0.1) is 0 Å². The summed E-state index contributed by atoms with van der Waals surface area (Å²) in [5.41, 5.74) is 6.77. The van der Waals surface area contributed by atoms with Crippen LogP contribution in [-0.2, 0) is 16.0 Å². The Morgan fingerprint density at radius 3 is 2.59 bits per heavy atom. The molecule has 0 bridgehead atoms. The molecule has 0 aliphatic rings. The van der Waals surface area contributed by atoms with E-state index in [4.69, 9.17) is 11.6 Å². The number of hydrazine groups is 1. The van der Waals surface area contributed by atoms with Crippen LogP contribution in [0.25, 0.3) is 0 Å². The predicted molar refractivity (Wildman–Crippen MR) is 66.5 cm³/mol. The fraction of sp³-hybridized carbons (Fsp3) is 0.333. The maximum Gasteiger partial charge on any atom is 0.253 e. The summed E-state index contributed by atoms with van der Waals surface area (Å²) in [5.74, 6) is -0.821. The summed E-state index contributed by atoms with van der Waals surface area (Å²) in [6.07, 6.45) is 0.969. The van der Waals surface area contributed by atoms with Crippen molar-refractivity contribution in [2.24, 2.45) is 0 Å². The molecule has 0 aliphatic carbocycles. The highest BCUT2D eigenvalue weighted by Gasteiger charge is 2.03. The molecule has 0 saturated carbocycles. The van der Waals surface area contributed by atoms with Crippen LogP contribution in [0.5, 0.6) is 0 Å². The number of benzene rings is 1. The lowest BCUT2D eigenvalue weighted by molar-refractivity contribution is -0.127.